The van der Waals surface area contributed by atoms with Crippen LogP contribution in [-0.4, -0.2) is 13.0 Å². The van der Waals surface area contributed by atoms with Crippen LogP contribution >= 0.6 is 15.9 Å². The highest BCUT2D eigenvalue weighted by atomic mass is 79.9. The van der Waals surface area contributed by atoms with E-state index >= 15 is 0 Å². The zero-order valence-electron chi connectivity index (χ0n) is 19.6. The maximum absolute atomic E-state index is 12.1. The Morgan fingerprint density at radius 3 is 2.52 bits per heavy atom. The molecule has 0 radical (unpaired) electrons. The van der Waals surface area contributed by atoms with Crippen molar-refractivity contribution in [1.82, 2.24) is 0 Å². The van der Waals surface area contributed by atoms with Gasteiger partial charge in [0.1, 0.15) is 6.61 Å². The van der Waals surface area contributed by atoms with Crippen molar-refractivity contribution in [3.8, 4) is 11.5 Å². The molecule has 3 aromatic rings. The lowest BCUT2D eigenvalue weighted by Crippen LogP contribution is -2.14. The predicted octanol–water partition coefficient (Wildman–Crippen LogP) is 6.94. The van der Waals surface area contributed by atoms with Gasteiger partial charge in [0.05, 0.1) is 7.11 Å². The summed E-state index contributed by atoms with van der Waals surface area (Å²) in [5, 5.41) is 6.40. The summed E-state index contributed by atoms with van der Waals surface area (Å²) < 4.78 is 12.8. The van der Waals surface area contributed by atoms with E-state index in [1.54, 1.807) is 7.11 Å². The first kappa shape index (κ1) is 24.6. The number of anilines is 2. The van der Waals surface area contributed by atoms with Gasteiger partial charge in [-0.15, -0.1) is 0 Å². The summed E-state index contributed by atoms with van der Waals surface area (Å²) in [5.74, 6) is 1.71. The van der Waals surface area contributed by atoms with Gasteiger partial charge in [0.15, 0.2) is 11.5 Å². The van der Waals surface area contributed by atoms with Gasteiger partial charge in [-0.1, -0.05) is 60.1 Å². The van der Waals surface area contributed by atoms with Crippen molar-refractivity contribution in [2.75, 3.05) is 17.7 Å². The van der Waals surface area contributed by atoms with Crippen molar-refractivity contribution in [3.63, 3.8) is 0 Å². The van der Waals surface area contributed by atoms with Crippen molar-refractivity contribution in [2.45, 2.75) is 40.3 Å². The van der Waals surface area contributed by atoms with Crippen molar-refractivity contribution in [1.29, 1.82) is 0 Å². The first-order valence-corrected chi connectivity index (χ1v) is 11.8. The summed E-state index contributed by atoms with van der Waals surface area (Å²) in [6, 6.07) is 19.7. The molecule has 0 aromatic heterocycles. The molecule has 0 heterocycles. The van der Waals surface area contributed by atoms with Crippen LogP contribution in [0, 0.1) is 12.8 Å². The normalized spacial score (nSPS) is 10.7. The lowest BCUT2D eigenvalue weighted by Gasteiger charge is -2.18. The Balaban J connectivity index is 1.76. The monoisotopic (exact) mass is 510 g/mol. The zero-order chi connectivity index (χ0) is 23.8. The molecule has 0 saturated heterocycles. The number of ether oxygens (including phenoxy) is 2. The molecule has 3 aromatic carbocycles. The van der Waals surface area contributed by atoms with Gasteiger partial charge in [-0.3, -0.25) is 4.79 Å². The van der Waals surface area contributed by atoms with Crippen molar-refractivity contribution < 1.29 is 14.3 Å². The molecule has 0 spiro atoms. The van der Waals surface area contributed by atoms with Gasteiger partial charge in [-0.2, -0.15) is 0 Å². The molecule has 1 amide bonds. The molecule has 2 N–H and O–H groups in total. The summed E-state index contributed by atoms with van der Waals surface area (Å²) in [6.07, 6.45) is 0.496. The van der Waals surface area contributed by atoms with Gasteiger partial charge in [0, 0.05) is 34.4 Å². The standard InChI is InChI=1S/C27H31BrN2O3/c1-18(2)14-26(31)30-22-11-7-10-21(15-22)29-16-23-24(28)12-13-25(32-4)27(23)33-17-20-9-6-5-8-19(20)3/h5-13,15,18,29H,14,16-17H2,1-4H3,(H,30,31). The fourth-order valence-electron chi connectivity index (χ4n) is 3.47. The van der Waals surface area contributed by atoms with Crippen LogP contribution in [0.5, 0.6) is 11.5 Å². The van der Waals surface area contributed by atoms with Crippen LogP contribution in [-0.2, 0) is 17.9 Å². The van der Waals surface area contributed by atoms with E-state index < -0.39 is 0 Å². The van der Waals surface area contributed by atoms with Gasteiger partial charge >= 0.3 is 0 Å². The Kier molecular flexibility index (Phi) is 8.78. The average Bonchev–Trinajstić information content (AvgIpc) is 2.77. The zero-order valence-corrected chi connectivity index (χ0v) is 21.2. The fraction of sp³-hybridized carbons (Fsp3) is 0.296. The minimum atomic E-state index is 0.0181. The third-order valence-electron chi connectivity index (χ3n) is 5.23. The van der Waals surface area contributed by atoms with Crippen LogP contribution in [0.2, 0.25) is 0 Å². The van der Waals surface area contributed by atoms with E-state index in [9.17, 15) is 4.79 Å². The number of amides is 1. The Labute approximate surface area is 204 Å². The molecule has 0 aliphatic heterocycles. The molecule has 0 unspecified atom stereocenters. The second kappa shape index (κ2) is 11.8. The van der Waals surface area contributed by atoms with Crippen LogP contribution in [0.15, 0.2) is 65.1 Å². The van der Waals surface area contributed by atoms with Crippen molar-refractivity contribution >= 4 is 33.2 Å². The maximum Gasteiger partial charge on any atom is 0.224 e. The SMILES string of the molecule is COc1ccc(Br)c(CNc2cccc(NC(=O)CC(C)C)c2)c1OCc1ccccc1C. The highest BCUT2D eigenvalue weighted by Gasteiger charge is 2.15. The van der Waals surface area contributed by atoms with Crippen molar-refractivity contribution in [2.24, 2.45) is 5.92 Å². The predicted molar refractivity (Wildman–Crippen MR) is 138 cm³/mol. The summed E-state index contributed by atoms with van der Waals surface area (Å²) >= 11 is 3.66. The van der Waals surface area contributed by atoms with E-state index in [1.807, 2.05) is 62.4 Å². The number of methoxy groups -OCH3 is 1. The summed E-state index contributed by atoms with van der Waals surface area (Å²) in [6.45, 7) is 7.10. The van der Waals surface area contributed by atoms with Gasteiger partial charge in [0.2, 0.25) is 5.91 Å². The Morgan fingerprint density at radius 1 is 1.03 bits per heavy atom. The molecule has 3 rings (SSSR count). The molecule has 0 aliphatic carbocycles. The molecule has 5 nitrogen and oxygen atoms in total. The number of hydrogen-bond donors (Lipinski definition) is 2. The van der Waals surface area contributed by atoms with E-state index in [1.165, 1.54) is 5.56 Å². The van der Waals surface area contributed by atoms with Gasteiger partial charge in [-0.05, 0) is 54.3 Å². The fourth-order valence-corrected chi connectivity index (χ4v) is 3.92. The van der Waals surface area contributed by atoms with Crippen LogP contribution in [0.1, 0.15) is 37.0 Å². The molecule has 0 saturated carbocycles. The van der Waals surface area contributed by atoms with Crippen molar-refractivity contribution in [3.05, 3.63) is 81.8 Å². The largest absolute Gasteiger partial charge is 0.493 e. The number of carbonyl (C=O) groups is 1. The first-order chi connectivity index (χ1) is 15.9. The van der Waals surface area contributed by atoms with E-state index in [-0.39, 0.29) is 5.91 Å². The van der Waals surface area contributed by atoms with E-state index in [2.05, 4.69) is 45.6 Å². The lowest BCUT2D eigenvalue weighted by molar-refractivity contribution is -0.116. The van der Waals surface area contributed by atoms with E-state index in [0.29, 0.717) is 37.0 Å². The molecule has 0 bridgehead atoms. The second-order valence-electron chi connectivity index (χ2n) is 8.35. The average molecular weight is 511 g/mol. The quantitative estimate of drug-likeness (QED) is 0.310. The number of benzene rings is 3. The van der Waals surface area contributed by atoms with Crippen LogP contribution in [0.3, 0.4) is 0 Å². The third kappa shape index (κ3) is 6.99. The highest BCUT2D eigenvalue weighted by Crippen LogP contribution is 2.37. The number of rotatable bonds is 10. The number of aryl methyl sites for hydroxylation is 1. The second-order valence-corrected chi connectivity index (χ2v) is 9.21. The number of hydrogen-bond acceptors (Lipinski definition) is 4. The van der Waals surface area contributed by atoms with E-state index in [0.717, 1.165) is 27.0 Å². The highest BCUT2D eigenvalue weighted by molar-refractivity contribution is 9.10. The van der Waals surface area contributed by atoms with Gasteiger partial charge < -0.3 is 20.1 Å². The minimum Gasteiger partial charge on any atom is -0.493 e. The van der Waals surface area contributed by atoms with E-state index in [4.69, 9.17) is 9.47 Å². The Morgan fingerprint density at radius 2 is 1.79 bits per heavy atom. The topological polar surface area (TPSA) is 59.6 Å². The molecule has 0 aliphatic rings. The lowest BCUT2D eigenvalue weighted by atomic mass is 10.1. The first-order valence-electron chi connectivity index (χ1n) is 11.0. The van der Waals surface area contributed by atoms with Crippen LogP contribution in [0.4, 0.5) is 11.4 Å². The molecule has 0 fully saturated rings. The Hall–Kier alpha value is -2.99. The smallest absolute Gasteiger partial charge is 0.224 e. The summed E-state index contributed by atoms with van der Waals surface area (Å²) in [4.78, 5) is 12.1. The number of halogens is 1. The summed E-state index contributed by atoms with van der Waals surface area (Å²) in [5.41, 5.74) is 4.94. The number of carbonyl (C=O) groups excluding carboxylic acids is 1. The maximum atomic E-state index is 12.1. The third-order valence-corrected chi connectivity index (χ3v) is 5.97. The minimum absolute atomic E-state index is 0.0181. The molecular formula is C27H31BrN2O3. The number of nitrogens with one attached hydrogen (secondary N) is 2. The molecule has 6 heteroatoms. The van der Waals surface area contributed by atoms with Gasteiger partial charge in [0.25, 0.3) is 0 Å². The molecule has 0 atom stereocenters. The van der Waals surface area contributed by atoms with Crippen LogP contribution < -0.4 is 20.1 Å². The van der Waals surface area contributed by atoms with Gasteiger partial charge in [-0.25, -0.2) is 0 Å². The summed E-state index contributed by atoms with van der Waals surface area (Å²) in [7, 11) is 1.64. The molecule has 33 heavy (non-hydrogen) atoms. The molecule has 174 valence electrons. The van der Waals surface area contributed by atoms with Crippen LogP contribution in [0.25, 0.3) is 0 Å². The molecular weight excluding hydrogens is 480 g/mol. The Bertz CT molecular complexity index is 1100.